The molecule has 8 nitrogen and oxygen atoms in total. The monoisotopic (exact) mass is 534 g/mol. The highest BCUT2D eigenvalue weighted by Crippen LogP contribution is 2.42. The number of ether oxygens (including phenoxy) is 1. The number of aliphatic hydroxyl groups excluding tert-OH is 1. The van der Waals surface area contributed by atoms with E-state index in [0.29, 0.717) is 42.8 Å². The summed E-state index contributed by atoms with van der Waals surface area (Å²) in [7, 11) is -3.93. The molecule has 1 aromatic rings. The molecule has 2 unspecified atom stereocenters. The molecular formula is C21H32BrFN4O4S. The van der Waals surface area contributed by atoms with Crippen LogP contribution in [0.25, 0.3) is 0 Å². The Balaban J connectivity index is 1.46. The second-order valence-electron chi connectivity index (χ2n) is 9.32. The molecule has 0 radical (unpaired) electrons. The zero-order chi connectivity index (χ0) is 23.0. The van der Waals surface area contributed by atoms with Crippen LogP contribution >= 0.6 is 15.9 Å². The van der Waals surface area contributed by atoms with E-state index in [-0.39, 0.29) is 35.7 Å². The molecule has 2 bridgehead atoms. The lowest BCUT2D eigenvalue weighted by Gasteiger charge is -2.38. The maximum Gasteiger partial charge on any atom is 0.244 e. The predicted octanol–water partition coefficient (Wildman–Crippen LogP) is 2.06. The number of sulfonamides is 1. The molecule has 180 valence electrons. The van der Waals surface area contributed by atoms with Gasteiger partial charge in [-0.15, -0.1) is 0 Å². The molecule has 0 aliphatic carbocycles. The first-order valence-corrected chi connectivity index (χ1v) is 13.5. The number of halogens is 2. The lowest BCUT2D eigenvalue weighted by atomic mass is 10.0. The molecule has 32 heavy (non-hydrogen) atoms. The number of piperidine rings is 1. The van der Waals surface area contributed by atoms with E-state index in [0.717, 1.165) is 12.8 Å². The Morgan fingerprint density at radius 2 is 1.91 bits per heavy atom. The van der Waals surface area contributed by atoms with Gasteiger partial charge in [-0.25, -0.2) is 22.5 Å². The first-order valence-electron chi connectivity index (χ1n) is 11.3. The van der Waals surface area contributed by atoms with Gasteiger partial charge in [0.1, 0.15) is 16.9 Å². The predicted molar refractivity (Wildman–Crippen MR) is 123 cm³/mol. The number of fused-ring (bicyclic) bond motifs is 2. The molecule has 3 saturated heterocycles. The lowest BCUT2D eigenvalue weighted by Crippen LogP contribution is -2.49. The summed E-state index contributed by atoms with van der Waals surface area (Å²) in [6, 6.07) is 1.45. The van der Waals surface area contributed by atoms with Crippen molar-refractivity contribution in [2.45, 2.75) is 81.0 Å². The Morgan fingerprint density at radius 3 is 2.53 bits per heavy atom. The summed E-state index contributed by atoms with van der Waals surface area (Å²) in [5, 5.41) is 10.5. The van der Waals surface area contributed by atoms with Crippen molar-refractivity contribution in [3.05, 3.63) is 16.7 Å². The van der Waals surface area contributed by atoms with Crippen LogP contribution in [0.15, 0.2) is 21.6 Å². The minimum Gasteiger partial charge on any atom is -0.390 e. The molecule has 1 aromatic heterocycles. The van der Waals surface area contributed by atoms with Crippen LogP contribution in [-0.4, -0.2) is 86.2 Å². The Hall–Kier alpha value is -0.850. The Bertz CT molecular complexity index is 899. The van der Waals surface area contributed by atoms with Crippen molar-refractivity contribution in [3.63, 3.8) is 0 Å². The molecule has 0 aromatic carbocycles. The number of morpholine rings is 1. The summed E-state index contributed by atoms with van der Waals surface area (Å²) >= 11 is 3.32. The van der Waals surface area contributed by atoms with Gasteiger partial charge in [0.05, 0.1) is 18.3 Å². The molecule has 4 heterocycles. The van der Waals surface area contributed by atoms with Gasteiger partial charge < -0.3 is 14.7 Å². The van der Waals surface area contributed by atoms with E-state index in [9.17, 15) is 17.9 Å². The zero-order valence-corrected chi connectivity index (χ0v) is 20.9. The second-order valence-corrected chi connectivity index (χ2v) is 12.0. The largest absolute Gasteiger partial charge is 0.390 e. The maximum absolute atomic E-state index is 14.0. The molecule has 6 atom stereocenters. The van der Waals surface area contributed by atoms with Crippen LogP contribution in [0, 0.1) is 0 Å². The van der Waals surface area contributed by atoms with E-state index in [1.165, 1.54) is 6.07 Å². The number of nitrogens with one attached hydrogen (secondary N) is 1. The van der Waals surface area contributed by atoms with E-state index < -0.39 is 22.3 Å². The van der Waals surface area contributed by atoms with Crippen LogP contribution in [0.3, 0.4) is 0 Å². The van der Waals surface area contributed by atoms with Crippen LogP contribution in [0.5, 0.6) is 0 Å². The van der Waals surface area contributed by atoms with Crippen molar-refractivity contribution in [2.75, 3.05) is 31.1 Å². The van der Waals surface area contributed by atoms with Crippen LogP contribution in [-0.2, 0) is 14.8 Å². The van der Waals surface area contributed by atoms with Gasteiger partial charge in [0.25, 0.3) is 0 Å². The summed E-state index contributed by atoms with van der Waals surface area (Å²) in [5.41, 5.74) is 0. The van der Waals surface area contributed by atoms with Gasteiger partial charge >= 0.3 is 0 Å². The first-order chi connectivity index (χ1) is 15.1. The standard InChI is InChI=1S/C21H32BrFN4O4S/c1-13-10-26(11-14(2)31-13)12-19(28)9-25-32(29,30)20-5-15(22)8-24-21(20)27-17-3-4-18(27)7-16(23)6-17/h5,8,13-14,16-19,25,28H,3-4,6-7,9-12H2,1-2H3/t13-,14+,16?,17-,18+,19?. The Labute approximate surface area is 197 Å². The summed E-state index contributed by atoms with van der Waals surface area (Å²) in [5.74, 6) is 0.366. The summed E-state index contributed by atoms with van der Waals surface area (Å²) in [6.45, 7) is 5.62. The molecule has 4 rings (SSSR count). The van der Waals surface area contributed by atoms with E-state index in [2.05, 4.69) is 30.5 Å². The zero-order valence-electron chi connectivity index (χ0n) is 18.5. The fraction of sp³-hybridized carbons (Fsp3) is 0.762. The number of anilines is 1. The highest BCUT2D eigenvalue weighted by atomic mass is 79.9. The number of aliphatic hydroxyl groups is 1. The average molecular weight is 535 g/mol. The quantitative estimate of drug-likeness (QED) is 0.552. The van der Waals surface area contributed by atoms with E-state index in [1.807, 2.05) is 18.7 Å². The van der Waals surface area contributed by atoms with Crippen molar-refractivity contribution in [1.29, 1.82) is 0 Å². The van der Waals surface area contributed by atoms with Crippen LogP contribution in [0.4, 0.5) is 10.2 Å². The molecular weight excluding hydrogens is 503 g/mol. The average Bonchev–Trinajstić information content (AvgIpc) is 2.96. The molecule has 3 fully saturated rings. The number of hydrogen-bond donors (Lipinski definition) is 2. The number of aromatic nitrogens is 1. The Kier molecular flexibility index (Phi) is 7.43. The van der Waals surface area contributed by atoms with Crippen LogP contribution in [0.1, 0.15) is 39.5 Å². The minimum atomic E-state index is -3.93. The van der Waals surface area contributed by atoms with Gasteiger partial charge in [-0.05, 0) is 61.5 Å². The van der Waals surface area contributed by atoms with Gasteiger partial charge in [0.2, 0.25) is 10.0 Å². The maximum atomic E-state index is 14.0. The van der Waals surface area contributed by atoms with E-state index >= 15 is 0 Å². The SMILES string of the molecule is C[C@@H]1CN(CC(O)CNS(=O)(=O)c2cc(Br)cnc2N2[C@@H]3CC[C@H]2CC(F)C3)C[C@H](C)O1. The minimum absolute atomic E-state index is 0.0396. The Morgan fingerprint density at radius 1 is 1.28 bits per heavy atom. The summed E-state index contributed by atoms with van der Waals surface area (Å²) < 4.78 is 49.3. The van der Waals surface area contributed by atoms with Crippen molar-refractivity contribution < 1.29 is 22.7 Å². The summed E-state index contributed by atoms with van der Waals surface area (Å²) in [6.07, 6.45) is 2.48. The third kappa shape index (κ3) is 5.44. The third-order valence-corrected chi connectivity index (χ3v) is 8.34. The van der Waals surface area contributed by atoms with Gasteiger partial charge in [-0.2, -0.15) is 0 Å². The number of nitrogens with zero attached hydrogens (tertiary/aromatic N) is 3. The summed E-state index contributed by atoms with van der Waals surface area (Å²) in [4.78, 5) is 8.56. The molecule has 0 spiro atoms. The lowest BCUT2D eigenvalue weighted by molar-refractivity contribution is -0.0759. The van der Waals surface area contributed by atoms with E-state index in [4.69, 9.17) is 4.74 Å². The third-order valence-electron chi connectivity index (χ3n) is 6.48. The van der Waals surface area contributed by atoms with Gasteiger partial charge in [0, 0.05) is 48.9 Å². The van der Waals surface area contributed by atoms with Gasteiger partial charge in [-0.1, -0.05) is 0 Å². The first kappa shape index (κ1) is 24.3. The highest BCUT2D eigenvalue weighted by Gasteiger charge is 2.43. The fourth-order valence-corrected chi connectivity index (χ4v) is 7.07. The van der Waals surface area contributed by atoms with Crippen molar-refractivity contribution >= 4 is 31.8 Å². The molecule has 3 aliphatic rings. The smallest absolute Gasteiger partial charge is 0.244 e. The normalized spacial score (nSPS) is 32.3. The number of β-amino-alcohol motifs (C(OH)–C–C–N with tert-alkyl or cyclic N) is 1. The van der Waals surface area contributed by atoms with Crippen molar-refractivity contribution in [3.8, 4) is 0 Å². The highest BCUT2D eigenvalue weighted by molar-refractivity contribution is 9.10. The molecule has 0 saturated carbocycles. The second kappa shape index (κ2) is 9.79. The van der Waals surface area contributed by atoms with Gasteiger partial charge in [0.15, 0.2) is 0 Å². The van der Waals surface area contributed by atoms with Crippen molar-refractivity contribution in [1.82, 2.24) is 14.6 Å². The molecule has 2 N–H and O–H groups in total. The molecule has 3 aliphatic heterocycles. The topological polar surface area (TPSA) is 95.0 Å². The van der Waals surface area contributed by atoms with Gasteiger partial charge in [-0.3, -0.25) is 4.90 Å². The number of pyridine rings is 1. The van der Waals surface area contributed by atoms with Crippen LogP contribution < -0.4 is 9.62 Å². The number of alkyl halides is 1. The van der Waals surface area contributed by atoms with E-state index in [1.54, 1.807) is 6.20 Å². The fourth-order valence-electron chi connectivity index (χ4n) is 5.34. The molecule has 0 amide bonds. The van der Waals surface area contributed by atoms with Crippen molar-refractivity contribution in [2.24, 2.45) is 0 Å². The van der Waals surface area contributed by atoms with Crippen LogP contribution in [0.2, 0.25) is 0 Å². The molecule has 11 heteroatoms. The number of hydrogen-bond acceptors (Lipinski definition) is 7. The number of rotatable bonds is 7.